The van der Waals surface area contributed by atoms with Crippen LogP contribution in [0.1, 0.15) is 32.6 Å². The molecule has 22 heavy (non-hydrogen) atoms. The van der Waals surface area contributed by atoms with Crippen LogP contribution in [0.25, 0.3) is 0 Å². The molecule has 1 unspecified atom stereocenters. The molecule has 128 valence electrons. The van der Waals surface area contributed by atoms with Gasteiger partial charge in [-0.3, -0.25) is 9.20 Å². The minimum absolute atomic E-state index is 0. The second-order valence-electron chi connectivity index (χ2n) is 5.68. The van der Waals surface area contributed by atoms with E-state index in [1.165, 1.54) is 4.88 Å². The van der Waals surface area contributed by atoms with Crippen molar-refractivity contribution in [3.8, 4) is 0 Å². The number of guanidine groups is 1. The molecule has 1 aromatic heterocycles. The fraction of sp³-hybridized carbons (Fsp3) is 0.667. The predicted molar refractivity (Wildman–Crippen MR) is 110 cm³/mol. The van der Waals surface area contributed by atoms with Crippen molar-refractivity contribution < 1.29 is 4.21 Å². The summed E-state index contributed by atoms with van der Waals surface area (Å²) in [5.41, 5.74) is 0. The van der Waals surface area contributed by atoms with Gasteiger partial charge in [-0.25, -0.2) is 0 Å². The summed E-state index contributed by atoms with van der Waals surface area (Å²) < 4.78 is 11.8. The lowest BCUT2D eigenvalue weighted by Crippen LogP contribution is -2.38. The standard InChI is InChI=1S/C15H27N3OS2.HI/c1-5-16-14(17-9-8-13-7-6-11-20-13)18-10-12-21(19)15(2,3)4;/h6-7,11H,5,8-10,12H2,1-4H3,(H2,16,17,18);1H. The molecule has 0 spiro atoms. The largest absolute Gasteiger partial charge is 0.357 e. The lowest BCUT2D eigenvalue weighted by Gasteiger charge is -2.17. The topological polar surface area (TPSA) is 53.5 Å². The van der Waals surface area contributed by atoms with Gasteiger partial charge in [0.2, 0.25) is 0 Å². The lowest BCUT2D eigenvalue weighted by atomic mass is 10.3. The fourth-order valence-corrected chi connectivity index (χ4v) is 3.23. The Hall–Kier alpha value is -0.150. The maximum Gasteiger partial charge on any atom is 0.191 e. The van der Waals surface area contributed by atoms with E-state index in [9.17, 15) is 4.21 Å². The number of hydrogen-bond acceptors (Lipinski definition) is 3. The molecule has 0 radical (unpaired) electrons. The van der Waals surface area contributed by atoms with Gasteiger partial charge in [0.15, 0.2) is 5.96 Å². The molecule has 4 nitrogen and oxygen atoms in total. The smallest absolute Gasteiger partial charge is 0.191 e. The van der Waals surface area contributed by atoms with E-state index in [0.717, 1.165) is 25.5 Å². The van der Waals surface area contributed by atoms with Crippen LogP contribution in [0.15, 0.2) is 22.5 Å². The first-order chi connectivity index (χ1) is 9.93. The normalized spacial score (nSPS) is 13.4. The van der Waals surface area contributed by atoms with Crippen LogP contribution in [0.5, 0.6) is 0 Å². The average molecular weight is 457 g/mol. The van der Waals surface area contributed by atoms with Gasteiger partial charge in [-0.05, 0) is 45.6 Å². The Morgan fingerprint density at radius 3 is 2.64 bits per heavy atom. The Morgan fingerprint density at radius 1 is 1.36 bits per heavy atom. The molecule has 7 heteroatoms. The molecule has 0 saturated carbocycles. The average Bonchev–Trinajstić information content (AvgIpc) is 2.90. The van der Waals surface area contributed by atoms with E-state index < -0.39 is 10.8 Å². The van der Waals surface area contributed by atoms with E-state index in [0.29, 0.717) is 12.3 Å². The summed E-state index contributed by atoms with van der Waals surface area (Å²) in [6.45, 7) is 10.3. The molecule has 1 heterocycles. The Balaban J connectivity index is 0.00000441. The zero-order valence-corrected chi connectivity index (χ0v) is 17.8. The van der Waals surface area contributed by atoms with Gasteiger partial charge in [-0.15, -0.1) is 35.3 Å². The fourth-order valence-electron chi connectivity index (χ4n) is 1.65. The van der Waals surface area contributed by atoms with Crippen molar-refractivity contribution in [2.75, 3.05) is 25.4 Å². The third-order valence-corrected chi connectivity index (χ3v) is 5.67. The zero-order valence-electron chi connectivity index (χ0n) is 13.8. The summed E-state index contributed by atoms with van der Waals surface area (Å²) in [7, 11) is -0.849. The van der Waals surface area contributed by atoms with Crippen molar-refractivity contribution in [3.05, 3.63) is 22.4 Å². The monoisotopic (exact) mass is 457 g/mol. The van der Waals surface area contributed by atoms with Crippen LogP contribution in [-0.4, -0.2) is 40.3 Å². The van der Waals surface area contributed by atoms with E-state index >= 15 is 0 Å². The highest BCUT2D eigenvalue weighted by atomic mass is 127. The Kier molecular flexibility index (Phi) is 11.3. The second-order valence-corrected chi connectivity index (χ2v) is 9.04. The molecule has 0 bridgehead atoms. The van der Waals surface area contributed by atoms with E-state index in [2.05, 4.69) is 33.1 Å². The third-order valence-electron chi connectivity index (χ3n) is 2.82. The van der Waals surface area contributed by atoms with Crippen LogP contribution >= 0.6 is 35.3 Å². The number of halogens is 1. The van der Waals surface area contributed by atoms with Crippen LogP contribution in [0.2, 0.25) is 0 Å². The first-order valence-corrected chi connectivity index (χ1v) is 9.56. The van der Waals surface area contributed by atoms with Crippen LogP contribution < -0.4 is 10.6 Å². The maximum atomic E-state index is 12.0. The van der Waals surface area contributed by atoms with E-state index in [1.54, 1.807) is 11.3 Å². The highest BCUT2D eigenvalue weighted by molar-refractivity contribution is 14.0. The SMILES string of the molecule is CCNC(=NCCS(=O)C(C)(C)C)NCCc1cccs1.I. The van der Waals surface area contributed by atoms with Gasteiger partial charge in [0.1, 0.15) is 0 Å². The maximum absolute atomic E-state index is 12.0. The summed E-state index contributed by atoms with van der Waals surface area (Å²) in [6.07, 6.45) is 0.996. The summed E-state index contributed by atoms with van der Waals surface area (Å²) >= 11 is 1.77. The molecule has 0 amide bonds. The second kappa shape index (κ2) is 11.4. The number of rotatable bonds is 7. The third kappa shape index (κ3) is 9.09. The molecular weight excluding hydrogens is 429 g/mol. The predicted octanol–water partition coefficient (Wildman–Crippen LogP) is 3.01. The van der Waals surface area contributed by atoms with Crippen molar-refractivity contribution in [1.82, 2.24) is 10.6 Å². The number of aliphatic imine (C=N–C) groups is 1. The van der Waals surface area contributed by atoms with Crippen molar-refractivity contribution in [2.24, 2.45) is 4.99 Å². The van der Waals surface area contributed by atoms with Crippen molar-refractivity contribution >= 4 is 52.1 Å². The van der Waals surface area contributed by atoms with Crippen molar-refractivity contribution in [2.45, 2.75) is 38.9 Å². The van der Waals surface area contributed by atoms with Crippen LogP contribution in [0, 0.1) is 0 Å². The van der Waals surface area contributed by atoms with Gasteiger partial charge in [-0.1, -0.05) is 6.07 Å². The van der Waals surface area contributed by atoms with Crippen molar-refractivity contribution in [1.29, 1.82) is 0 Å². The summed E-state index contributed by atoms with van der Waals surface area (Å²) in [5, 5.41) is 8.63. The Morgan fingerprint density at radius 2 is 2.09 bits per heavy atom. The number of hydrogen-bond donors (Lipinski definition) is 2. The molecule has 0 fully saturated rings. The molecular formula is C15H28IN3OS2. The van der Waals surface area contributed by atoms with E-state index in [4.69, 9.17) is 0 Å². The molecule has 0 aliphatic heterocycles. The Labute approximate surface area is 158 Å². The summed E-state index contributed by atoms with van der Waals surface area (Å²) in [4.78, 5) is 5.86. The highest BCUT2D eigenvalue weighted by Crippen LogP contribution is 2.11. The van der Waals surface area contributed by atoms with Crippen LogP contribution in [0.4, 0.5) is 0 Å². The first-order valence-electron chi connectivity index (χ1n) is 7.36. The number of thiophene rings is 1. The molecule has 1 atom stereocenters. The molecule has 1 aromatic rings. The van der Waals surface area contributed by atoms with Gasteiger partial charge >= 0.3 is 0 Å². The van der Waals surface area contributed by atoms with Crippen LogP contribution in [0.3, 0.4) is 0 Å². The molecule has 2 N–H and O–H groups in total. The quantitative estimate of drug-likeness (QED) is 0.376. The van der Waals surface area contributed by atoms with E-state index in [-0.39, 0.29) is 28.7 Å². The molecule has 0 aromatic carbocycles. The first kappa shape index (κ1) is 21.9. The molecule has 1 rings (SSSR count). The number of nitrogens with one attached hydrogen (secondary N) is 2. The lowest BCUT2D eigenvalue weighted by molar-refractivity contribution is 0.648. The summed E-state index contributed by atoms with van der Waals surface area (Å²) in [6, 6.07) is 4.21. The number of nitrogens with zero attached hydrogens (tertiary/aromatic N) is 1. The van der Waals surface area contributed by atoms with Gasteiger partial charge in [0.05, 0.1) is 6.54 Å². The highest BCUT2D eigenvalue weighted by Gasteiger charge is 2.18. The molecule has 0 saturated heterocycles. The molecule has 0 aliphatic rings. The van der Waals surface area contributed by atoms with Crippen LogP contribution in [-0.2, 0) is 17.2 Å². The summed E-state index contributed by atoms with van der Waals surface area (Å²) in [5.74, 6) is 1.41. The van der Waals surface area contributed by atoms with Gasteiger partial charge < -0.3 is 10.6 Å². The minimum atomic E-state index is -0.849. The minimum Gasteiger partial charge on any atom is -0.357 e. The molecule has 0 aliphatic carbocycles. The van der Waals surface area contributed by atoms with E-state index in [1.807, 2.05) is 27.7 Å². The van der Waals surface area contributed by atoms with Gasteiger partial charge in [-0.2, -0.15) is 0 Å². The zero-order chi connectivity index (χ0) is 15.7. The van der Waals surface area contributed by atoms with Crippen molar-refractivity contribution in [3.63, 3.8) is 0 Å². The van der Waals surface area contributed by atoms with Gasteiger partial charge in [0.25, 0.3) is 0 Å². The van der Waals surface area contributed by atoms with Gasteiger partial charge in [0, 0.05) is 39.3 Å². The Bertz CT molecular complexity index is 456.